The Bertz CT molecular complexity index is 192. The van der Waals surface area contributed by atoms with Gasteiger partial charge in [0.2, 0.25) is 0 Å². The molecule has 0 heterocycles. The molecular formula is C14H28O4. The minimum absolute atomic E-state index is 0.122. The molecule has 0 rings (SSSR count). The van der Waals surface area contributed by atoms with Crippen LogP contribution in [0, 0.1) is 5.92 Å². The summed E-state index contributed by atoms with van der Waals surface area (Å²) in [5.41, 5.74) is 0. The smallest absolute Gasteiger partial charge is 0.305 e. The molecule has 108 valence electrons. The molecule has 0 saturated heterocycles. The minimum Gasteiger partial charge on any atom is -0.466 e. The highest BCUT2D eigenvalue weighted by Crippen LogP contribution is 1.97. The number of carbonyl (C=O) groups excluding carboxylic acids is 1. The molecule has 0 aromatic carbocycles. The molecule has 18 heavy (non-hydrogen) atoms. The minimum atomic E-state index is -0.122. The quantitative estimate of drug-likeness (QED) is 0.400. The lowest BCUT2D eigenvalue weighted by molar-refractivity contribution is -0.144. The summed E-state index contributed by atoms with van der Waals surface area (Å²) in [6.45, 7) is 9.43. The van der Waals surface area contributed by atoms with Gasteiger partial charge in [0.15, 0.2) is 0 Å². The van der Waals surface area contributed by atoms with Crippen molar-refractivity contribution >= 4 is 5.97 Å². The monoisotopic (exact) mass is 260 g/mol. The van der Waals surface area contributed by atoms with Crippen molar-refractivity contribution in [3.05, 3.63) is 0 Å². The van der Waals surface area contributed by atoms with E-state index in [2.05, 4.69) is 20.8 Å². The molecule has 0 radical (unpaired) electrons. The number of esters is 1. The van der Waals surface area contributed by atoms with Gasteiger partial charge in [0.1, 0.15) is 0 Å². The number of carbonyl (C=O) groups is 1. The highest BCUT2D eigenvalue weighted by atomic mass is 16.5. The van der Waals surface area contributed by atoms with Crippen molar-refractivity contribution in [3.63, 3.8) is 0 Å². The number of hydrogen-bond acceptors (Lipinski definition) is 4. The Kier molecular flexibility index (Phi) is 12.4. The van der Waals surface area contributed by atoms with Crippen LogP contribution >= 0.6 is 0 Å². The lowest BCUT2D eigenvalue weighted by atomic mass is 10.2. The van der Waals surface area contributed by atoms with E-state index in [0.717, 1.165) is 25.9 Å². The van der Waals surface area contributed by atoms with E-state index in [0.29, 0.717) is 38.8 Å². The van der Waals surface area contributed by atoms with E-state index in [9.17, 15) is 4.79 Å². The molecule has 0 fully saturated rings. The van der Waals surface area contributed by atoms with Gasteiger partial charge in [0.05, 0.1) is 19.8 Å². The second-order valence-corrected chi connectivity index (χ2v) is 4.76. The van der Waals surface area contributed by atoms with E-state index in [4.69, 9.17) is 14.2 Å². The van der Waals surface area contributed by atoms with E-state index >= 15 is 0 Å². The van der Waals surface area contributed by atoms with Crippen LogP contribution in [0.5, 0.6) is 0 Å². The van der Waals surface area contributed by atoms with E-state index in [1.165, 1.54) is 0 Å². The molecule has 0 spiro atoms. The Morgan fingerprint density at radius 2 is 1.72 bits per heavy atom. The Balaban J connectivity index is 3.12. The average molecular weight is 260 g/mol. The molecule has 0 atom stereocenters. The highest BCUT2D eigenvalue weighted by Gasteiger charge is 2.01. The van der Waals surface area contributed by atoms with Crippen molar-refractivity contribution in [2.24, 2.45) is 5.92 Å². The largest absolute Gasteiger partial charge is 0.466 e. The van der Waals surface area contributed by atoms with Gasteiger partial charge >= 0.3 is 5.97 Å². The normalized spacial score (nSPS) is 10.9. The molecule has 0 aromatic heterocycles. The number of hydrogen-bond donors (Lipinski definition) is 0. The second kappa shape index (κ2) is 12.8. The van der Waals surface area contributed by atoms with Crippen LogP contribution in [0.1, 0.15) is 46.5 Å². The van der Waals surface area contributed by atoms with Crippen LogP contribution in [0.25, 0.3) is 0 Å². The van der Waals surface area contributed by atoms with Gasteiger partial charge in [-0.1, -0.05) is 27.2 Å². The van der Waals surface area contributed by atoms with Crippen LogP contribution < -0.4 is 0 Å². The van der Waals surface area contributed by atoms with Crippen LogP contribution in [0.4, 0.5) is 0 Å². The lowest BCUT2D eigenvalue weighted by Crippen LogP contribution is -2.10. The molecule has 0 unspecified atom stereocenters. The van der Waals surface area contributed by atoms with Crippen LogP contribution in [0.15, 0.2) is 0 Å². The molecule has 0 bridgehead atoms. The van der Waals surface area contributed by atoms with Crippen LogP contribution in [-0.4, -0.2) is 39.0 Å². The first-order valence-electron chi connectivity index (χ1n) is 6.98. The maximum absolute atomic E-state index is 11.2. The van der Waals surface area contributed by atoms with Crippen molar-refractivity contribution < 1.29 is 19.0 Å². The predicted octanol–water partition coefficient (Wildman–Crippen LogP) is 2.80. The van der Waals surface area contributed by atoms with Crippen molar-refractivity contribution in [3.8, 4) is 0 Å². The van der Waals surface area contributed by atoms with Gasteiger partial charge in [-0.05, 0) is 18.8 Å². The predicted molar refractivity (Wildman–Crippen MR) is 71.6 cm³/mol. The summed E-state index contributed by atoms with van der Waals surface area (Å²) < 4.78 is 15.8. The lowest BCUT2D eigenvalue weighted by Gasteiger charge is -2.07. The number of unbranched alkanes of at least 4 members (excludes halogenated alkanes) is 1. The Hall–Kier alpha value is -0.610. The number of rotatable bonds is 12. The summed E-state index contributed by atoms with van der Waals surface area (Å²) in [7, 11) is 0. The molecule has 0 saturated carbocycles. The van der Waals surface area contributed by atoms with E-state index < -0.39 is 0 Å². The first-order valence-corrected chi connectivity index (χ1v) is 6.98. The zero-order valence-corrected chi connectivity index (χ0v) is 12.1. The molecular weight excluding hydrogens is 232 g/mol. The summed E-state index contributed by atoms with van der Waals surface area (Å²) in [6, 6.07) is 0. The first-order chi connectivity index (χ1) is 8.66. The third kappa shape index (κ3) is 13.5. The maximum Gasteiger partial charge on any atom is 0.305 e. The second-order valence-electron chi connectivity index (χ2n) is 4.76. The fourth-order valence-electron chi connectivity index (χ4n) is 1.26. The van der Waals surface area contributed by atoms with Gasteiger partial charge < -0.3 is 14.2 Å². The van der Waals surface area contributed by atoms with Gasteiger partial charge in [0, 0.05) is 19.6 Å². The summed E-state index contributed by atoms with van der Waals surface area (Å²) in [5.74, 6) is 0.436. The third-order valence-corrected chi connectivity index (χ3v) is 2.25. The highest BCUT2D eigenvalue weighted by molar-refractivity contribution is 5.69. The van der Waals surface area contributed by atoms with Gasteiger partial charge in [-0.3, -0.25) is 4.79 Å². The fourth-order valence-corrected chi connectivity index (χ4v) is 1.26. The maximum atomic E-state index is 11.2. The molecule has 0 amide bonds. The van der Waals surface area contributed by atoms with Crippen molar-refractivity contribution in [1.82, 2.24) is 0 Å². The van der Waals surface area contributed by atoms with Crippen LogP contribution in [-0.2, 0) is 19.0 Å². The van der Waals surface area contributed by atoms with Gasteiger partial charge in [0.25, 0.3) is 0 Å². The van der Waals surface area contributed by atoms with Crippen molar-refractivity contribution in [2.45, 2.75) is 46.5 Å². The van der Waals surface area contributed by atoms with Gasteiger partial charge in [-0.25, -0.2) is 0 Å². The van der Waals surface area contributed by atoms with Crippen molar-refractivity contribution in [2.75, 3.05) is 33.0 Å². The van der Waals surface area contributed by atoms with Gasteiger partial charge in [-0.15, -0.1) is 0 Å². The molecule has 0 N–H and O–H groups in total. The van der Waals surface area contributed by atoms with E-state index in [-0.39, 0.29) is 5.97 Å². The molecule has 4 nitrogen and oxygen atoms in total. The summed E-state index contributed by atoms with van der Waals surface area (Å²) in [6.07, 6.45) is 3.15. The van der Waals surface area contributed by atoms with Crippen LogP contribution in [0.2, 0.25) is 0 Å². The average Bonchev–Trinajstić information content (AvgIpc) is 2.32. The standard InChI is InChI=1S/C14H28O4/c1-4-5-9-18-14(15)7-6-8-16-10-11-17-12-13(2)3/h13H,4-12H2,1-3H3. The third-order valence-electron chi connectivity index (χ3n) is 2.25. The number of ether oxygens (including phenoxy) is 3. The van der Waals surface area contributed by atoms with Gasteiger partial charge in [-0.2, -0.15) is 0 Å². The Morgan fingerprint density at radius 1 is 1.00 bits per heavy atom. The zero-order valence-electron chi connectivity index (χ0n) is 12.1. The Labute approximate surface area is 111 Å². The molecule has 0 aliphatic rings. The summed E-state index contributed by atoms with van der Waals surface area (Å²) in [4.78, 5) is 11.2. The summed E-state index contributed by atoms with van der Waals surface area (Å²) >= 11 is 0. The molecule has 4 heteroatoms. The van der Waals surface area contributed by atoms with Crippen molar-refractivity contribution in [1.29, 1.82) is 0 Å². The Morgan fingerprint density at radius 3 is 2.39 bits per heavy atom. The fraction of sp³-hybridized carbons (Fsp3) is 0.929. The first kappa shape index (κ1) is 17.4. The molecule has 0 aromatic rings. The molecule has 0 aliphatic carbocycles. The zero-order chi connectivity index (χ0) is 13.6. The van der Waals surface area contributed by atoms with E-state index in [1.54, 1.807) is 0 Å². The summed E-state index contributed by atoms with van der Waals surface area (Å²) in [5, 5.41) is 0. The SMILES string of the molecule is CCCCOC(=O)CCCOCCOCC(C)C. The molecule has 0 aliphatic heterocycles. The topological polar surface area (TPSA) is 44.8 Å². The van der Waals surface area contributed by atoms with E-state index in [1.807, 2.05) is 0 Å². The van der Waals surface area contributed by atoms with Crippen LogP contribution in [0.3, 0.4) is 0 Å².